The molecule has 1 saturated heterocycles. The van der Waals surface area contributed by atoms with Gasteiger partial charge in [-0.1, -0.05) is 12.1 Å². The van der Waals surface area contributed by atoms with E-state index in [1.54, 1.807) is 4.90 Å². The average Bonchev–Trinajstić information content (AvgIpc) is 2.51. The molecule has 1 fully saturated rings. The minimum Gasteiger partial charge on any atom is -0.396 e. The van der Waals surface area contributed by atoms with E-state index >= 15 is 0 Å². The molecule has 0 spiro atoms. The molecule has 0 amide bonds. The Balaban J connectivity index is 2.43. The van der Waals surface area contributed by atoms with Crippen molar-refractivity contribution in [2.75, 3.05) is 39.5 Å². The van der Waals surface area contributed by atoms with E-state index in [1.165, 1.54) is 0 Å². The SMILES string of the molecule is OC[C@H](CN1CCOCC1)c1cccc(C(F)(F)F)c1C(F)(F)F. The fraction of sp³-hybridized carbons (Fsp3) is 0.600. The second kappa shape index (κ2) is 7.28. The van der Waals surface area contributed by atoms with E-state index in [-0.39, 0.29) is 6.54 Å². The minimum atomic E-state index is -5.17. The first kappa shape index (κ1) is 19.0. The highest BCUT2D eigenvalue weighted by molar-refractivity contribution is 5.41. The molecule has 0 bridgehead atoms. The molecule has 9 heteroatoms. The first-order valence-corrected chi connectivity index (χ1v) is 7.33. The summed E-state index contributed by atoms with van der Waals surface area (Å²) in [6, 6.07) is 2.35. The Bertz CT molecular complexity index is 552. The van der Waals surface area contributed by atoms with Crippen LogP contribution in [0.5, 0.6) is 0 Å². The zero-order valence-corrected chi connectivity index (χ0v) is 12.6. The lowest BCUT2D eigenvalue weighted by Crippen LogP contribution is -2.40. The second-order valence-corrected chi connectivity index (χ2v) is 5.56. The van der Waals surface area contributed by atoms with E-state index < -0.39 is 41.6 Å². The number of hydrogen-bond acceptors (Lipinski definition) is 3. The van der Waals surface area contributed by atoms with Crippen LogP contribution in [-0.4, -0.2) is 49.5 Å². The molecular weight excluding hydrogens is 340 g/mol. The zero-order chi connectivity index (χ0) is 18.0. The molecule has 2 rings (SSSR count). The van der Waals surface area contributed by atoms with Gasteiger partial charge in [0.15, 0.2) is 0 Å². The van der Waals surface area contributed by atoms with Gasteiger partial charge in [0, 0.05) is 25.6 Å². The van der Waals surface area contributed by atoms with Crippen molar-refractivity contribution in [1.82, 2.24) is 4.90 Å². The number of alkyl halides is 6. The lowest BCUT2D eigenvalue weighted by molar-refractivity contribution is -0.162. The molecule has 1 aromatic rings. The van der Waals surface area contributed by atoms with Crippen LogP contribution in [0.2, 0.25) is 0 Å². The molecule has 1 aliphatic heterocycles. The predicted molar refractivity (Wildman–Crippen MR) is 73.5 cm³/mol. The molecule has 24 heavy (non-hydrogen) atoms. The number of benzene rings is 1. The molecule has 0 aromatic heterocycles. The highest BCUT2D eigenvalue weighted by Gasteiger charge is 2.45. The number of halogens is 6. The standard InChI is InChI=1S/C15H17F6NO2/c16-14(17,18)12-3-1-2-11(13(12)15(19,20)21)10(9-23)8-22-4-6-24-7-5-22/h1-3,10,23H,4-9H2/t10-/m0/s1. The summed E-state index contributed by atoms with van der Waals surface area (Å²) in [6.45, 7) is 1.05. The summed E-state index contributed by atoms with van der Waals surface area (Å²) >= 11 is 0. The molecule has 1 aromatic carbocycles. The molecule has 1 aliphatic rings. The van der Waals surface area contributed by atoms with Crippen molar-refractivity contribution in [3.05, 3.63) is 34.9 Å². The van der Waals surface area contributed by atoms with Crippen LogP contribution in [0.25, 0.3) is 0 Å². The Morgan fingerprint density at radius 1 is 1.04 bits per heavy atom. The molecule has 0 saturated carbocycles. The van der Waals surface area contributed by atoms with Crippen LogP contribution in [0, 0.1) is 0 Å². The first-order chi connectivity index (χ1) is 11.1. The number of ether oxygens (including phenoxy) is 1. The summed E-state index contributed by atoms with van der Waals surface area (Å²) < 4.78 is 84.0. The third-order valence-electron chi connectivity index (χ3n) is 3.93. The third kappa shape index (κ3) is 4.40. The number of hydrogen-bond donors (Lipinski definition) is 1. The van der Waals surface area contributed by atoms with Crippen LogP contribution in [0.3, 0.4) is 0 Å². The van der Waals surface area contributed by atoms with E-state index in [0.29, 0.717) is 32.4 Å². The molecule has 136 valence electrons. The van der Waals surface area contributed by atoms with Crippen molar-refractivity contribution >= 4 is 0 Å². The van der Waals surface area contributed by atoms with Gasteiger partial charge in [-0.2, -0.15) is 26.3 Å². The molecule has 1 N–H and O–H groups in total. The molecule has 0 unspecified atom stereocenters. The van der Waals surface area contributed by atoms with Gasteiger partial charge in [0.05, 0.1) is 30.9 Å². The Labute approximate surface area is 134 Å². The van der Waals surface area contributed by atoms with Crippen molar-refractivity contribution in [2.45, 2.75) is 18.3 Å². The lowest BCUT2D eigenvalue weighted by Gasteiger charge is -2.31. The zero-order valence-electron chi connectivity index (χ0n) is 12.6. The van der Waals surface area contributed by atoms with Gasteiger partial charge in [-0.15, -0.1) is 0 Å². The van der Waals surface area contributed by atoms with Crippen LogP contribution >= 0.6 is 0 Å². The maximum absolute atomic E-state index is 13.3. The maximum Gasteiger partial charge on any atom is 0.417 e. The van der Waals surface area contributed by atoms with Crippen molar-refractivity contribution in [3.63, 3.8) is 0 Å². The van der Waals surface area contributed by atoms with Gasteiger partial charge in [0.2, 0.25) is 0 Å². The fourth-order valence-corrected chi connectivity index (χ4v) is 2.81. The van der Waals surface area contributed by atoms with Gasteiger partial charge in [0.1, 0.15) is 0 Å². The number of nitrogens with zero attached hydrogens (tertiary/aromatic N) is 1. The quantitative estimate of drug-likeness (QED) is 0.841. The third-order valence-corrected chi connectivity index (χ3v) is 3.93. The number of rotatable bonds is 4. The van der Waals surface area contributed by atoms with Crippen LogP contribution in [0.1, 0.15) is 22.6 Å². The van der Waals surface area contributed by atoms with E-state index in [0.717, 1.165) is 12.1 Å². The van der Waals surface area contributed by atoms with Crippen molar-refractivity contribution < 1.29 is 36.2 Å². The van der Waals surface area contributed by atoms with Crippen molar-refractivity contribution in [2.24, 2.45) is 0 Å². The second-order valence-electron chi connectivity index (χ2n) is 5.56. The number of aliphatic hydroxyl groups excluding tert-OH is 1. The average molecular weight is 357 g/mol. The van der Waals surface area contributed by atoms with Crippen LogP contribution in [-0.2, 0) is 17.1 Å². The summed E-state index contributed by atoms with van der Waals surface area (Å²) in [6.07, 6.45) is -10.3. The first-order valence-electron chi connectivity index (χ1n) is 7.33. The van der Waals surface area contributed by atoms with E-state index in [2.05, 4.69) is 0 Å². The maximum atomic E-state index is 13.3. The predicted octanol–water partition coefficient (Wildman–Crippen LogP) is 3.13. The van der Waals surface area contributed by atoms with Crippen molar-refractivity contribution in [3.8, 4) is 0 Å². The summed E-state index contributed by atoms with van der Waals surface area (Å²) in [5, 5.41) is 9.49. The van der Waals surface area contributed by atoms with E-state index in [4.69, 9.17) is 4.74 Å². The van der Waals surface area contributed by atoms with Crippen LogP contribution in [0.4, 0.5) is 26.3 Å². The highest BCUT2D eigenvalue weighted by Crippen LogP contribution is 2.43. The Morgan fingerprint density at radius 2 is 1.67 bits per heavy atom. The monoisotopic (exact) mass is 357 g/mol. The van der Waals surface area contributed by atoms with Gasteiger partial charge in [0.25, 0.3) is 0 Å². The van der Waals surface area contributed by atoms with Gasteiger partial charge in [-0.05, 0) is 11.6 Å². The summed E-state index contributed by atoms with van der Waals surface area (Å²) in [5.74, 6) is -1.07. The lowest BCUT2D eigenvalue weighted by atomic mass is 9.90. The van der Waals surface area contributed by atoms with Gasteiger partial charge < -0.3 is 9.84 Å². The Hall–Kier alpha value is -1.32. The summed E-state index contributed by atoms with van der Waals surface area (Å²) in [5.41, 5.74) is -3.98. The van der Waals surface area contributed by atoms with Crippen LogP contribution in [0.15, 0.2) is 18.2 Å². The molecule has 1 heterocycles. The summed E-state index contributed by atoms with van der Waals surface area (Å²) in [4.78, 5) is 1.77. The molecule has 0 aliphatic carbocycles. The van der Waals surface area contributed by atoms with Gasteiger partial charge in [-0.3, -0.25) is 4.90 Å². The van der Waals surface area contributed by atoms with Gasteiger partial charge in [-0.25, -0.2) is 0 Å². The molecule has 0 radical (unpaired) electrons. The molecule has 3 nitrogen and oxygen atoms in total. The molecular formula is C15H17F6NO2. The van der Waals surface area contributed by atoms with E-state index in [1.807, 2.05) is 0 Å². The topological polar surface area (TPSA) is 32.7 Å². The highest BCUT2D eigenvalue weighted by atomic mass is 19.4. The van der Waals surface area contributed by atoms with Gasteiger partial charge >= 0.3 is 12.4 Å². The largest absolute Gasteiger partial charge is 0.417 e. The van der Waals surface area contributed by atoms with Crippen LogP contribution < -0.4 is 0 Å². The number of aliphatic hydroxyl groups is 1. The Kier molecular flexibility index (Phi) is 5.77. The number of morpholine rings is 1. The Morgan fingerprint density at radius 3 is 2.17 bits per heavy atom. The van der Waals surface area contributed by atoms with Crippen molar-refractivity contribution in [1.29, 1.82) is 0 Å². The normalized spacial score (nSPS) is 18.6. The smallest absolute Gasteiger partial charge is 0.396 e. The fourth-order valence-electron chi connectivity index (χ4n) is 2.81. The molecule has 1 atom stereocenters. The summed E-state index contributed by atoms with van der Waals surface area (Å²) in [7, 11) is 0. The van der Waals surface area contributed by atoms with E-state index in [9.17, 15) is 31.4 Å². The minimum absolute atomic E-state index is 0.0320.